The van der Waals surface area contributed by atoms with Crippen LogP contribution in [0.4, 0.5) is 4.39 Å². The number of rotatable bonds is 4. The summed E-state index contributed by atoms with van der Waals surface area (Å²) in [7, 11) is 0. The molecule has 3 aliphatic heterocycles. The maximum Gasteiger partial charge on any atom is 0.343 e. The second kappa shape index (κ2) is 8.36. The van der Waals surface area contributed by atoms with Gasteiger partial charge < -0.3 is 23.9 Å². The molecule has 1 aromatic carbocycles. The second-order valence-electron chi connectivity index (χ2n) is 10.9. The van der Waals surface area contributed by atoms with Crippen LogP contribution in [0.1, 0.15) is 56.5 Å². The molecule has 3 aliphatic rings. The maximum absolute atomic E-state index is 14.4. The zero-order chi connectivity index (χ0) is 26.2. The highest BCUT2D eigenvalue weighted by Crippen LogP contribution is 2.40. The quantitative estimate of drug-likeness (QED) is 0.427. The number of cyclic esters (lactones) is 1. The largest absolute Gasteiger partial charge is 0.458 e. The van der Waals surface area contributed by atoms with Gasteiger partial charge in [-0.3, -0.25) is 9.59 Å². The Morgan fingerprint density at radius 2 is 2.00 bits per heavy atom. The van der Waals surface area contributed by atoms with Gasteiger partial charge in [0.15, 0.2) is 11.0 Å². The van der Waals surface area contributed by atoms with Crippen LogP contribution in [0.25, 0.3) is 22.2 Å². The molecule has 0 amide bonds. The fraction of sp³-hybridized carbons (Fsp3) is 0.464. The van der Waals surface area contributed by atoms with Crippen molar-refractivity contribution in [3.63, 3.8) is 0 Å². The molecule has 0 aliphatic carbocycles. The van der Waals surface area contributed by atoms with E-state index in [0.29, 0.717) is 28.4 Å². The van der Waals surface area contributed by atoms with Gasteiger partial charge in [-0.1, -0.05) is 20.8 Å². The van der Waals surface area contributed by atoms with E-state index in [1.54, 1.807) is 19.1 Å². The summed E-state index contributed by atoms with van der Waals surface area (Å²) in [5.74, 6) is -0.798. The van der Waals surface area contributed by atoms with Crippen molar-refractivity contribution in [1.29, 1.82) is 0 Å². The number of nitrogens with zero attached hydrogens (tertiary/aromatic N) is 3. The summed E-state index contributed by atoms with van der Waals surface area (Å²) < 4.78 is 23.2. The van der Waals surface area contributed by atoms with E-state index in [0.717, 1.165) is 26.1 Å². The van der Waals surface area contributed by atoms with Gasteiger partial charge in [-0.2, -0.15) is 0 Å². The van der Waals surface area contributed by atoms with E-state index in [4.69, 9.17) is 4.74 Å². The van der Waals surface area contributed by atoms with Gasteiger partial charge in [-0.25, -0.2) is 9.18 Å². The number of fused-ring (bicyclic) bond motifs is 5. The molecule has 1 saturated heterocycles. The summed E-state index contributed by atoms with van der Waals surface area (Å²) in [6.07, 6.45) is 0.893. The smallest absolute Gasteiger partial charge is 0.343 e. The van der Waals surface area contributed by atoms with Crippen LogP contribution in [-0.2, 0) is 28.3 Å². The standard InChI is InChI=1S/C28H30FN3O5/c1-4-28(36)20-10-22-24-23(13-31(22)26(34)19(20)14-37-27(28)35)32(17-7-8-30(12-17)11-15(2)3)21-6-5-16(29)9-18(21)25(24)33/h5-6,9-10,15,17,36H,4,7-8,11-14H2,1-3H3/t17-,28+/m1/s1. The Hall–Kier alpha value is -3.30. The Bertz CT molecular complexity index is 1590. The Balaban J connectivity index is 1.61. The molecule has 3 aromatic rings. The van der Waals surface area contributed by atoms with Crippen LogP contribution in [0.3, 0.4) is 0 Å². The number of likely N-dealkylation sites (tertiary alicyclic amines) is 1. The first kappa shape index (κ1) is 24.1. The van der Waals surface area contributed by atoms with Gasteiger partial charge in [-0.05, 0) is 43.0 Å². The first-order valence-electron chi connectivity index (χ1n) is 12.9. The van der Waals surface area contributed by atoms with Gasteiger partial charge in [-0.15, -0.1) is 0 Å². The molecule has 1 N–H and O–H groups in total. The SMILES string of the molecule is CC[C@@]1(O)C(=O)OCc2c1cc1n(c2=O)Cc2c-1c(=O)c1cc(F)ccc1n2[C@@H]1CCN(CC(C)C)C1. The lowest BCUT2D eigenvalue weighted by Crippen LogP contribution is -2.44. The Labute approximate surface area is 212 Å². The lowest BCUT2D eigenvalue weighted by molar-refractivity contribution is -0.172. The third kappa shape index (κ3) is 3.44. The van der Waals surface area contributed by atoms with Crippen molar-refractivity contribution in [3.8, 4) is 11.3 Å². The highest BCUT2D eigenvalue weighted by molar-refractivity contribution is 5.88. The van der Waals surface area contributed by atoms with Crippen LogP contribution in [0.2, 0.25) is 0 Å². The number of carbonyl (C=O) groups is 1. The molecule has 37 heavy (non-hydrogen) atoms. The third-order valence-electron chi connectivity index (χ3n) is 8.11. The summed E-state index contributed by atoms with van der Waals surface area (Å²) in [5.41, 5.74) is -0.277. The number of halogens is 1. The van der Waals surface area contributed by atoms with Crippen molar-refractivity contribution >= 4 is 16.9 Å². The van der Waals surface area contributed by atoms with Crippen molar-refractivity contribution in [2.24, 2.45) is 5.92 Å². The number of ether oxygens (including phenoxy) is 1. The molecule has 0 radical (unpaired) electrons. The topological polar surface area (TPSA) is 93.8 Å². The molecule has 0 unspecified atom stereocenters. The molecule has 8 nitrogen and oxygen atoms in total. The maximum atomic E-state index is 14.4. The summed E-state index contributed by atoms with van der Waals surface area (Å²) in [6.45, 7) is 8.62. The van der Waals surface area contributed by atoms with E-state index < -0.39 is 22.9 Å². The van der Waals surface area contributed by atoms with Crippen molar-refractivity contribution in [2.75, 3.05) is 19.6 Å². The predicted molar refractivity (Wildman–Crippen MR) is 136 cm³/mol. The highest BCUT2D eigenvalue weighted by atomic mass is 19.1. The molecule has 6 rings (SSSR count). The van der Waals surface area contributed by atoms with E-state index in [2.05, 4.69) is 23.3 Å². The van der Waals surface area contributed by atoms with Crippen LogP contribution in [0.5, 0.6) is 0 Å². The predicted octanol–water partition coefficient (Wildman–Crippen LogP) is 2.89. The molecular formula is C28H30FN3O5. The fourth-order valence-electron chi connectivity index (χ4n) is 6.39. The molecule has 0 saturated carbocycles. The zero-order valence-electron chi connectivity index (χ0n) is 21.2. The highest BCUT2D eigenvalue weighted by Gasteiger charge is 2.46. The minimum Gasteiger partial charge on any atom is -0.458 e. The van der Waals surface area contributed by atoms with Crippen molar-refractivity contribution in [2.45, 2.75) is 58.4 Å². The average molecular weight is 508 g/mol. The number of benzene rings is 1. The summed E-state index contributed by atoms with van der Waals surface area (Å²) in [6, 6.07) is 5.91. The van der Waals surface area contributed by atoms with Gasteiger partial charge in [0.2, 0.25) is 0 Å². The monoisotopic (exact) mass is 507 g/mol. The Morgan fingerprint density at radius 3 is 2.73 bits per heavy atom. The van der Waals surface area contributed by atoms with Crippen molar-refractivity contribution in [3.05, 3.63) is 67.5 Å². The Kier molecular flexibility index (Phi) is 5.44. The zero-order valence-corrected chi connectivity index (χ0v) is 21.2. The minimum atomic E-state index is -1.96. The van der Waals surface area contributed by atoms with Gasteiger partial charge in [0.1, 0.15) is 12.4 Å². The number of aromatic nitrogens is 2. The summed E-state index contributed by atoms with van der Waals surface area (Å²) in [4.78, 5) is 42.3. The molecule has 194 valence electrons. The van der Waals surface area contributed by atoms with Gasteiger partial charge >= 0.3 is 5.97 Å². The van der Waals surface area contributed by atoms with Gasteiger partial charge in [0.25, 0.3) is 5.56 Å². The van der Waals surface area contributed by atoms with E-state index in [-0.39, 0.29) is 47.6 Å². The minimum absolute atomic E-state index is 0.0233. The number of aliphatic hydroxyl groups is 1. The van der Waals surface area contributed by atoms with Gasteiger partial charge in [0.05, 0.1) is 34.6 Å². The molecule has 0 bridgehead atoms. The fourth-order valence-corrected chi connectivity index (χ4v) is 6.39. The third-order valence-corrected chi connectivity index (χ3v) is 8.11. The average Bonchev–Trinajstić information content (AvgIpc) is 3.47. The van der Waals surface area contributed by atoms with E-state index in [9.17, 15) is 23.9 Å². The molecule has 9 heteroatoms. The molecule has 5 heterocycles. The number of esters is 1. The van der Waals surface area contributed by atoms with Crippen molar-refractivity contribution in [1.82, 2.24) is 14.0 Å². The molecule has 2 atom stereocenters. The molecule has 1 fully saturated rings. The van der Waals surface area contributed by atoms with E-state index in [1.165, 1.54) is 16.7 Å². The lowest BCUT2D eigenvalue weighted by Gasteiger charge is -2.31. The molecular weight excluding hydrogens is 477 g/mol. The number of carbonyl (C=O) groups excluding carboxylic acids is 1. The molecule has 0 spiro atoms. The lowest BCUT2D eigenvalue weighted by atomic mass is 9.85. The van der Waals surface area contributed by atoms with E-state index in [1.807, 2.05) is 0 Å². The van der Waals surface area contributed by atoms with Crippen molar-refractivity contribution < 1.29 is 19.0 Å². The second-order valence-corrected chi connectivity index (χ2v) is 10.9. The Morgan fingerprint density at radius 1 is 1.22 bits per heavy atom. The van der Waals surface area contributed by atoms with E-state index >= 15 is 0 Å². The van der Waals surface area contributed by atoms with Crippen LogP contribution in [0.15, 0.2) is 33.9 Å². The van der Waals surface area contributed by atoms with Crippen LogP contribution in [0, 0.1) is 11.7 Å². The first-order valence-corrected chi connectivity index (χ1v) is 12.9. The first-order chi connectivity index (χ1) is 17.6. The number of hydrogen-bond acceptors (Lipinski definition) is 6. The number of pyridine rings is 2. The van der Waals surface area contributed by atoms with Gasteiger partial charge in [0, 0.05) is 36.6 Å². The van der Waals surface area contributed by atoms with Crippen LogP contribution >= 0.6 is 0 Å². The molecule has 2 aromatic heterocycles. The van der Waals surface area contributed by atoms with Crippen LogP contribution < -0.4 is 11.0 Å². The summed E-state index contributed by atoms with van der Waals surface area (Å²) in [5, 5.41) is 11.4. The normalized spacial score (nSPS) is 22.9. The summed E-state index contributed by atoms with van der Waals surface area (Å²) >= 11 is 0. The number of hydrogen-bond donors (Lipinski definition) is 1. The van der Waals surface area contributed by atoms with Crippen LogP contribution in [-0.4, -0.2) is 44.7 Å².